The molecule has 0 saturated carbocycles. The standard InChI is InChI=1S/C20H25BrFN5.HI/c1-14-3-6-19(24-12-14)27-9-7-17(8-10-27)26-20(23-2)25-13-15-4-5-16(21)11-18(15)22;/h3-6,11-12,17H,7-10,13H2,1-2H3,(H2,23,25,26);1H. The van der Waals surface area contributed by atoms with E-state index in [9.17, 15) is 4.39 Å². The first-order valence-electron chi connectivity index (χ1n) is 9.14. The van der Waals surface area contributed by atoms with Crippen molar-refractivity contribution < 1.29 is 4.39 Å². The monoisotopic (exact) mass is 561 g/mol. The molecule has 1 aromatic carbocycles. The fourth-order valence-corrected chi connectivity index (χ4v) is 3.47. The average Bonchev–Trinajstić information content (AvgIpc) is 2.67. The van der Waals surface area contributed by atoms with Gasteiger partial charge in [-0.15, -0.1) is 24.0 Å². The van der Waals surface area contributed by atoms with Crippen LogP contribution in [0.25, 0.3) is 0 Å². The van der Waals surface area contributed by atoms with Gasteiger partial charge in [0.05, 0.1) is 0 Å². The predicted molar refractivity (Wildman–Crippen MR) is 127 cm³/mol. The lowest BCUT2D eigenvalue weighted by Gasteiger charge is -2.33. The van der Waals surface area contributed by atoms with Crippen LogP contribution in [0.3, 0.4) is 0 Å². The Balaban J connectivity index is 0.00000280. The predicted octanol–water partition coefficient (Wildman–Crippen LogP) is 4.24. The van der Waals surface area contributed by atoms with Crippen LogP contribution < -0.4 is 15.5 Å². The number of guanidine groups is 1. The highest BCUT2D eigenvalue weighted by Gasteiger charge is 2.20. The summed E-state index contributed by atoms with van der Waals surface area (Å²) < 4.78 is 14.7. The van der Waals surface area contributed by atoms with Crippen LogP contribution in [0.5, 0.6) is 0 Å². The Morgan fingerprint density at radius 3 is 2.64 bits per heavy atom. The number of aryl methyl sites for hydroxylation is 1. The van der Waals surface area contributed by atoms with Crippen molar-refractivity contribution in [3.63, 3.8) is 0 Å². The molecule has 3 rings (SSSR count). The molecule has 1 saturated heterocycles. The van der Waals surface area contributed by atoms with Crippen molar-refractivity contribution in [2.45, 2.75) is 32.4 Å². The van der Waals surface area contributed by atoms with Gasteiger partial charge in [0.15, 0.2) is 5.96 Å². The molecule has 0 aliphatic carbocycles. The van der Waals surface area contributed by atoms with E-state index in [1.165, 1.54) is 11.6 Å². The summed E-state index contributed by atoms with van der Waals surface area (Å²) in [7, 11) is 1.73. The van der Waals surface area contributed by atoms with Gasteiger partial charge in [0.1, 0.15) is 11.6 Å². The number of hydrogen-bond acceptors (Lipinski definition) is 3. The largest absolute Gasteiger partial charge is 0.356 e. The second kappa shape index (κ2) is 10.9. The molecule has 2 heterocycles. The van der Waals surface area contributed by atoms with Crippen LogP contribution in [-0.4, -0.2) is 37.1 Å². The summed E-state index contributed by atoms with van der Waals surface area (Å²) in [6.07, 6.45) is 3.92. The molecule has 1 aliphatic heterocycles. The van der Waals surface area contributed by atoms with E-state index in [0.29, 0.717) is 24.1 Å². The highest BCUT2D eigenvalue weighted by atomic mass is 127. The minimum atomic E-state index is -0.230. The lowest BCUT2D eigenvalue weighted by molar-refractivity contribution is 0.459. The second-order valence-electron chi connectivity index (χ2n) is 6.76. The van der Waals surface area contributed by atoms with Gasteiger partial charge >= 0.3 is 0 Å². The highest BCUT2D eigenvalue weighted by Crippen LogP contribution is 2.18. The van der Waals surface area contributed by atoms with Crippen LogP contribution in [0.1, 0.15) is 24.0 Å². The third kappa shape index (κ3) is 6.30. The summed E-state index contributed by atoms with van der Waals surface area (Å²) in [5.74, 6) is 1.50. The molecule has 0 unspecified atom stereocenters. The van der Waals surface area contributed by atoms with Gasteiger partial charge in [-0.05, 0) is 43.5 Å². The number of aromatic nitrogens is 1. The zero-order valence-electron chi connectivity index (χ0n) is 16.1. The third-order valence-corrected chi connectivity index (χ3v) is 5.23. The highest BCUT2D eigenvalue weighted by molar-refractivity contribution is 14.0. The number of benzene rings is 1. The first kappa shape index (κ1) is 22.9. The van der Waals surface area contributed by atoms with Crippen LogP contribution in [-0.2, 0) is 6.54 Å². The molecule has 0 radical (unpaired) electrons. The molecule has 28 heavy (non-hydrogen) atoms. The lowest BCUT2D eigenvalue weighted by atomic mass is 10.1. The van der Waals surface area contributed by atoms with Crippen molar-refractivity contribution in [3.05, 3.63) is 57.9 Å². The average molecular weight is 562 g/mol. The second-order valence-corrected chi connectivity index (χ2v) is 7.68. The minimum Gasteiger partial charge on any atom is -0.356 e. The van der Waals surface area contributed by atoms with Crippen molar-refractivity contribution in [2.24, 2.45) is 4.99 Å². The molecule has 0 spiro atoms. The normalized spacial score (nSPS) is 15.1. The zero-order chi connectivity index (χ0) is 19.2. The molecule has 0 bridgehead atoms. The van der Waals surface area contributed by atoms with Crippen molar-refractivity contribution in [1.82, 2.24) is 15.6 Å². The maximum atomic E-state index is 14.0. The number of anilines is 1. The zero-order valence-corrected chi connectivity index (χ0v) is 20.0. The van der Waals surface area contributed by atoms with E-state index in [0.717, 1.165) is 36.2 Å². The van der Waals surface area contributed by atoms with Gasteiger partial charge in [-0.1, -0.05) is 28.1 Å². The first-order valence-corrected chi connectivity index (χ1v) is 9.93. The third-order valence-electron chi connectivity index (χ3n) is 4.74. The summed E-state index contributed by atoms with van der Waals surface area (Å²) in [5, 5.41) is 6.65. The molecule has 8 heteroatoms. The number of aliphatic imine (C=N–C) groups is 1. The fraction of sp³-hybridized carbons (Fsp3) is 0.400. The number of nitrogens with one attached hydrogen (secondary N) is 2. The molecule has 152 valence electrons. The summed E-state index contributed by atoms with van der Waals surface area (Å²) in [4.78, 5) is 11.1. The lowest BCUT2D eigenvalue weighted by Crippen LogP contribution is -2.48. The minimum absolute atomic E-state index is 0. The molecule has 0 amide bonds. The SMILES string of the molecule is CN=C(NCc1ccc(Br)cc1F)NC1CCN(c2ccc(C)cn2)CC1.I. The van der Waals surface area contributed by atoms with Gasteiger partial charge in [0, 0.05) is 49.0 Å². The van der Waals surface area contributed by atoms with Crippen molar-refractivity contribution in [3.8, 4) is 0 Å². The first-order chi connectivity index (χ1) is 13.0. The summed E-state index contributed by atoms with van der Waals surface area (Å²) in [5.41, 5.74) is 1.79. The fourth-order valence-electron chi connectivity index (χ4n) is 3.13. The van der Waals surface area contributed by atoms with Crippen LogP contribution in [0.15, 0.2) is 46.0 Å². The Labute approximate surface area is 191 Å². The summed E-state index contributed by atoms with van der Waals surface area (Å²) in [6.45, 7) is 4.34. The van der Waals surface area contributed by atoms with Gasteiger partial charge in [0.25, 0.3) is 0 Å². The molecule has 1 aliphatic rings. The Kier molecular flexibility index (Phi) is 8.94. The number of hydrogen-bond donors (Lipinski definition) is 2. The van der Waals surface area contributed by atoms with E-state index in [1.807, 2.05) is 19.2 Å². The van der Waals surface area contributed by atoms with E-state index in [1.54, 1.807) is 13.1 Å². The molecular formula is C20H26BrFIN5. The van der Waals surface area contributed by atoms with E-state index in [4.69, 9.17) is 0 Å². The smallest absolute Gasteiger partial charge is 0.191 e. The Morgan fingerprint density at radius 2 is 2.04 bits per heavy atom. The van der Waals surface area contributed by atoms with Crippen molar-refractivity contribution in [1.29, 1.82) is 0 Å². The molecule has 5 nitrogen and oxygen atoms in total. The number of halogens is 3. The van der Waals surface area contributed by atoms with E-state index < -0.39 is 0 Å². The number of piperidine rings is 1. The Morgan fingerprint density at radius 1 is 1.29 bits per heavy atom. The number of pyridine rings is 1. The van der Waals surface area contributed by atoms with Gasteiger partial charge in [-0.25, -0.2) is 9.37 Å². The number of rotatable bonds is 4. The molecular weight excluding hydrogens is 536 g/mol. The maximum absolute atomic E-state index is 14.0. The Bertz CT molecular complexity index is 792. The van der Waals surface area contributed by atoms with Crippen LogP contribution in [0.4, 0.5) is 10.2 Å². The Hall–Kier alpha value is -1.42. The molecule has 2 N–H and O–H groups in total. The van der Waals surface area contributed by atoms with Gasteiger partial charge in [-0.2, -0.15) is 0 Å². The van der Waals surface area contributed by atoms with Crippen molar-refractivity contribution in [2.75, 3.05) is 25.0 Å². The quantitative estimate of drug-likeness (QED) is 0.333. The van der Waals surface area contributed by atoms with E-state index >= 15 is 0 Å². The topological polar surface area (TPSA) is 52.6 Å². The van der Waals surface area contributed by atoms with E-state index in [2.05, 4.69) is 53.6 Å². The van der Waals surface area contributed by atoms with Gasteiger partial charge in [0.2, 0.25) is 0 Å². The van der Waals surface area contributed by atoms with Crippen LogP contribution >= 0.6 is 39.9 Å². The van der Waals surface area contributed by atoms with E-state index in [-0.39, 0.29) is 29.8 Å². The van der Waals surface area contributed by atoms with Gasteiger partial charge in [-0.3, -0.25) is 4.99 Å². The number of nitrogens with zero attached hydrogens (tertiary/aromatic N) is 3. The van der Waals surface area contributed by atoms with Crippen LogP contribution in [0, 0.1) is 12.7 Å². The molecule has 2 aromatic rings. The molecule has 0 atom stereocenters. The molecule has 1 fully saturated rings. The maximum Gasteiger partial charge on any atom is 0.191 e. The summed E-state index contributed by atoms with van der Waals surface area (Å²) in [6, 6.07) is 9.60. The van der Waals surface area contributed by atoms with Crippen LogP contribution in [0.2, 0.25) is 0 Å². The van der Waals surface area contributed by atoms with Gasteiger partial charge < -0.3 is 15.5 Å². The molecule has 1 aromatic heterocycles. The summed E-state index contributed by atoms with van der Waals surface area (Å²) >= 11 is 3.28. The van der Waals surface area contributed by atoms with Crippen molar-refractivity contribution >= 4 is 51.7 Å².